The maximum atomic E-state index is 13.7. The minimum absolute atomic E-state index is 0.0844. The predicted octanol–water partition coefficient (Wildman–Crippen LogP) is 1.03. The number of aliphatic hydroxyl groups is 1. The van der Waals surface area contributed by atoms with E-state index in [-0.39, 0.29) is 11.3 Å². The van der Waals surface area contributed by atoms with Crippen LogP contribution in [-0.4, -0.2) is 33.9 Å². The molecule has 1 N–H and O–H groups in total. The molecule has 0 amide bonds. The fourth-order valence-electron chi connectivity index (χ4n) is 1.87. The molecule has 0 radical (unpaired) electrons. The number of nitrogens with zero attached hydrogens (tertiary/aromatic N) is 1. The van der Waals surface area contributed by atoms with Crippen LogP contribution in [0.5, 0.6) is 0 Å². The zero-order valence-corrected chi connectivity index (χ0v) is 9.97. The van der Waals surface area contributed by atoms with Crippen LogP contribution in [0.3, 0.4) is 0 Å². The smallest absolute Gasteiger partial charge is 0.149 e. The second kappa shape index (κ2) is 5.10. The third-order valence-corrected chi connectivity index (χ3v) is 4.03. The van der Waals surface area contributed by atoms with Crippen LogP contribution < -0.4 is 4.90 Å². The van der Waals surface area contributed by atoms with Gasteiger partial charge >= 0.3 is 0 Å². The summed E-state index contributed by atoms with van der Waals surface area (Å²) < 4.78 is 38.6. The normalized spacial score (nSPS) is 17.5. The van der Waals surface area contributed by atoms with Crippen LogP contribution in [-0.2, 0) is 17.4 Å². The van der Waals surface area contributed by atoms with Crippen molar-refractivity contribution in [3.63, 3.8) is 0 Å². The van der Waals surface area contributed by atoms with E-state index in [1.165, 1.54) is 0 Å². The highest BCUT2D eigenvalue weighted by molar-refractivity contribution is 7.85. The summed E-state index contributed by atoms with van der Waals surface area (Å²) in [6, 6.07) is 2.26. The number of aliphatic hydroxyl groups excluding tert-OH is 1. The molecule has 0 spiro atoms. The van der Waals surface area contributed by atoms with Crippen molar-refractivity contribution < 1.29 is 18.1 Å². The summed E-state index contributed by atoms with van der Waals surface area (Å²) in [6.45, 7) is 0.385. The Balaban J connectivity index is 2.29. The van der Waals surface area contributed by atoms with E-state index in [4.69, 9.17) is 5.11 Å². The molecular formula is C11H13F2NO2S. The lowest BCUT2D eigenvalue weighted by molar-refractivity contribution is 0.280. The van der Waals surface area contributed by atoms with Crippen LogP contribution in [0.25, 0.3) is 0 Å². The van der Waals surface area contributed by atoms with Crippen LogP contribution in [0.2, 0.25) is 0 Å². The van der Waals surface area contributed by atoms with Gasteiger partial charge in [0.15, 0.2) is 0 Å². The lowest BCUT2D eigenvalue weighted by Gasteiger charge is -2.29. The van der Waals surface area contributed by atoms with E-state index in [1.807, 2.05) is 0 Å². The van der Waals surface area contributed by atoms with Crippen LogP contribution >= 0.6 is 0 Å². The van der Waals surface area contributed by atoms with Gasteiger partial charge in [0.05, 0.1) is 6.61 Å². The SMILES string of the molecule is O=S1CCN(c2c(F)cc(CO)cc2F)CC1. The lowest BCUT2D eigenvalue weighted by Crippen LogP contribution is -2.38. The van der Waals surface area contributed by atoms with Crippen molar-refractivity contribution in [1.29, 1.82) is 0 Å². The first kappa shape index (κ1) is 12.4. The van der Waals surface area contributed by atoms with Gasteiger partial charge in [-0.2, -0.15) is 0 Å². The monoisotopic (exact) mass is 261 g/mol. The van der Waals surface area contributed by atoms with Crippen LogP contribution in [0, 0.1) is 11.6 Å². The third kappa shape index (κ3) is 2.63. The number of halogens is 2. The van der Waals surface area contributed by atoms with Gasteiger partial charge in [-0.1, -0.05) is 0 Å². The molecular weight excluding hydrogens is 248 g/mol. The zero-order valence-electron chi connectivity index (χ0n) is 9.16. The fourth-order valence-corrected chi connectivity index (χ4v) is 2.93. The molecule has 1 aromatic rings. The van der Waals surface area contributed by atoms with Crippen molar-refractivity contribution in [2.45, 2.75) is 6.61 Å². The van der Waals surface area contributed by atoms with E-state index in [2.05, 4.69) is 0 Å². The molecule has 0 aliphatic carbocycles. The van der Waals surface area contributed by atoms with Crippen LogP contribution in [0.15, 0.2) is 12.1 Å². The van der Waals surface area contributed by atoms with E-state index in [0.717, 1.165) is 12.1 Å². The van der Waals surface area contributed by atoms with E-state index in [0.29, 0.717) is 24.6 Å². The molecule has 1 heterocycles. The Hall–Kier alpha value is -1.01. The van der Waals surface area contributed by atoms with E-state index >= 15 is 0 Å². The van der Waals surface area contributed by atoms with E-state index in [1.54, 1.807) is 4.90 Å². The Morgan fingerprint density at radius 2 is 1.76 bits per heavy atom. The van der Waals surface area contributed by atoms with Gasteiger partial charge in [-0.3, -0.25) is 4.21 Å². The van der Waals surface area contributed by atoms with Crippen molar-refractivity contribution in [2.24, 2.45) is 0 Å². The summed E-state index contributed by atoms with van der Waals surface area (Å²) in [4.78, 5) is 1.56. The molecule has 0 unspecified atom stereocenters. The van der Waals surface area contributed by atoms with Gasteiger partial charge in [-0.15, -0.1) is 0 Å². The Labute approximate surface area is 101 Å². The van der Waals surface area contributed by atoms with Gasteiger partial charge in [0.2, 0.25) is 0 Å². The molecule has 2 rings (SSSR count). The Morgan fingerprint density at radius 3 is 2.24 bits per heavy atom. The first-order valence-electron chi connectivity index (χ1n) is 5.30. The molecule has 1 aliphatic heterocycles. The largest absolute Gasteiger partial charge is 0.392 e. The molecule has 1 fully saturated rings. The summed E-state index contributed by atoms with van der Waals surface area (Å²) in [5, 5.41) is 8.84. The zero-order chi connectivity index (χ0) is 12.4. The highest BCUT2D eigenvalue weighted by atomic mass is 32.2. The summed E-state index contributed by atoms with van der Waals surface area (Å²) in [5.74, 6) is -0.496. The van der Waals surface area contributed by atoms with Gasteiger partial charge in [0.25, 0.3) is 0 Å². The third-order valence-electron chi connectivity index (χ3n) is 2.75. The molecule has 0 atom stereocenters. The minimum atomic E-state index is -0.880. The summed E-state index contributed by atoms with van der Waals surface area (Å²) in [7, 11) is -0.880. The number of hydrogen-bond donors (Lipinski definition) is 1. The van der Waals surface area contributed by atoms with E-state index in [9.17, 15) is 13.0 Å². The molecule has 3 nitrogen and oxygen atoms in total. The number of rotatable bonds is 2. The van der Waals surface area contributed by atoms with Crippen LogP contribution in [0.4, 0.5) is 14.5 Å². The number of anilines is 1. The predicted molar refractivity (Wildman–Crippen MR) is 62.4 cm³/mol. The fraction of sp³-hybridized carbons (Fsp3) is 0.455. The summed E-state index contributed by atoms with van der Waals surface area (Å²) in [6.07, 6.45) is 0. The Kier molecular flexibility index (Phi) is 3.73. The molecule has 17 heavy (non-hydrogen) atoms. The summed E-state index contributed by atoms with van der Waals surface area (Å²) in [5.41, 5.74) is 0.128. The van der Waals surface area contributed by atoms with Gasteiger partial charge < -0.3 is 10.0 Å². The molecule has 0 aromatic heterocycles. The van der Waals surface area contributed by atoms with Gasteiger partial charge in [0.1, 0.15) is 17.3 Å². The highest BCUT2D eigenvalue weighted by Crippen LogP contribution is 2.26. The Morgan fingerprint density at radius 1 is 1.24 bits per heavy atom. The van der Waals surface area contributed by atoms with Crippen molar-refractivity contribution in [3.05, 3.63) is 29.3 Å². The average molecular weight is 261 g/mol. The van der Waals surface area contributed by atoms with Gasteiger partial charge in [-0.25, -0.2) is 8.78 Å². The second-order valence-corrected chi connectivity index (χ2v) is 5.60. The molecule has 1 aromatic carbocycles. The van der Waals surface area contributed by atoms with Crippen molar-refractivity contribution in [1.82, 2.24) is 0 Å². The Bertz CT molecular complexity index is 420. The molecule has 6 heteroatoms. The van der Waals surface area contributed by atoms with Crippen molar-refractivity contribution in [2.75, 3.05) is 29.5 Å². The lowest BCUT2D eigenvalue weighted by atomic mass is 10.1. The van der Waals surface area contributed by atoms with Crippen molar-refractivity contribution in [3.8, 4) is 0 Å². The first-order valence-corrected chi connectivity index (χ1v) is 6.79. The quantitative estimate of drug-likeness (QED) is 0.864. The molecule has 94 valence electrons. The maximum absolute atomic E-state index is 13.7. The molecule has 0 saturated carbocycles. The number of hydrogen-bond acceptors (Lipinski definition) is 3. The average Bonchev–Trinajstić information content (AvgIpc) is 2.30. The molecule has 1 aliphatic rings. The van der Waals surface area contributed by atoms with Gasteiger partial charge in [-0.05, 0) is 17.7 Å². The minimum Gasteiger partial charge on any atom is -0.392 e. The van der Waals surface area contributed by atoms with Crippen molar-refractivity contribution >= 4 is 16.5 Å². The molecule has 0 bridgehead atoms. The second-order valence-electron chi connectivity index (χ2n) is 3.90. The first-order chi connectivity index (χ1) is 8.11. The van der Waals surface area contributed by atoms with E-state index < -0.39 is 29.0 Å². The standard InChI is InChI=1S/C11H13F2NO2S/c12-9-5-8(7-15)6-10(13)11(9)14-1-3-17(16)4-2-14/h5-6,15H,1-4,7H2. The van der Waals surface area contributed by atoms with Gasteiger partial charge in [0, 0.05) is 35.4 Å². The summed E-state index contributed by atoms with van der Waals surface area (Å²) >= 11 is 0. The topological polar surface area (TPSA) is 40.5 Å². The maximum Gasteiger partial charge on any atom is 0.149 e. The number of benzene rings is 1. The highest BCUT2D eigenvalue weighted by Gasteiger charge is 2.22. The van der Waals surface area contributed by atoms with Crippen LogP contribution in [0.1, 0.15) is 5.56 Å². The molecule has 1 saturated heterocycles.